The molecule has 0 aromatic carbocycles. The van der Waals surface area contributed by atoms with E-state index >= 15 is 0 Å². The quantitative estimate of drug-likeness (QED) is 0.777. The highest BCUT2D eigenvalue weighted by atomic mass is 16.5. The lowest BCUT2D eigenvalue weighted by molar-refractivity contribution is -0.142. The number of hydrogen-bond acceptors (Lipinski definition) is 4. The molecule has 1 N–H and O–H groups in total. The molecule has 1 aliphatic rings. The van der Waals surface area contributed by atoms with E-state index in [4.69, 9.17) is 0 Å². The number of aliphatic carboxylic acids is 1. The molecule has 0 spiro atoms. The molecule has 0 aromatic rings. The standard InChI is InChI=1S/C13H22N2O5/c1-3-14(9-11(16)20-2)13(19)15-8-6-4-5-7-10(15)12(17)18/h10H,3-9H2,1-2H3,(H,17,18). The minimum absolute atomic E-state index is 0.158. The minimum Gasteiger partial charge on any atom is -0.480 e. The lowest BCUT2D eigenvalue weighted by atomic mass is 10.1. The molecule has 1 atom stereocenters. The summed E-state index contributed by atoms with van der Waals surface area (Å²) in [5.41, 5.74) is 0. The average Bonchev–Trinajstić information content (AvgIpc) is 2.69. The van der Waals surface area contributed by atoms with Gasteiger partial charge in [-0.15, -0.1) is 0 Å². The number of carbonyl (C=O) groups excluding carboxylic acids is 2. The highest BCUT2D eigenvalue weighted by Crippen LogP contribution is 2.18. The lowest BCUT2D eigenvalue weighted by Gasteiger charge is -2.32. The van der Waals surface area contributed by atoms with Crippen LogP contribution in [0.2, 0.25) is 0 Å². The monoisotopic (exact) mass is 286 g/mol. The average molecular weight is 286 g/mol. The van der Waals surface area contributed by atoms with Crippen molar-refractivity contribution in [3.63, 3.8) is 0 Å². The predicted octanol–water partition coefficient (Wildman–Crippen LogP) is 0.930. The Morgan fingerprint density at radius 3 is 2.55 bits per heavy atom. The van der Waals surface area contributed by atoms with Crippen LogP contribution in [0.1, 0.15) is 32.6 Å². The van der Waals surface area contributed by atoms with Crippen LogP contribution in [-0.4, -0.2) is 65.7 Å². The maximum Gasteiger partial charge on any atom is 0.326 e. The Kier molecular flexibility index (Phi) is 6.27. The molecule has 1 heterocycles. The van der Waals surface area contributed by atoms with Gasteiger partial charge in [-0.25, -0.2) is 9.59 Å². The van der Waals surface area contributed by atoms with Gasteiger partial charge >= 0.3 is 18.0 Å². The second kappa shape index (κ2) is 7.72. The van der Waals surface area contributed by atoms with E-state index < -0.39 is 24.0 Å². The Balaban J connectivity index is 2.83. The van der Waals surface area contributed by atoms with Gasteiger partial charge in [0.05, 0.1) is 7.11 Å². The summed E-state index contributed by atoms with van der Waals surface area (Å²) in [5.74, 6) is -1.50. The first-order valence-electron chi connectivity index (χ1n) is 6.86. The molecule has 1 unspecified atom stereocenters. The summed E-state index contributed by atoms with van der Waals surface area (Å²) in [7, 11) is 1.26. The molecule has 114 valence electrons. The van der Waals surface area contributed by atoms with E-state index in [1.54, 1.807) is 6.92 Å². The summed E-state index contributed by atoms with van der Waals surface area (Å²) in [5, 5.41) is 9.26. The van der Waals surface area contributed by atoms with Crippen LogP contribution in [-0.2, 0) is 14.3 Å². The molecule has 0 aromatic heterocycles. The van der Waals surface area contributed by atoms with Crippen molar-refractivity contribution in [1.82, 2.24) is 9.80 Å². The molecule has 20 heavy (non-hydrogen) atoms. The molecule has 1 saturated heterocycles. The fraction of sp³-hybridized carbons (Fsp3) is 0.769. The zero-order valence-electron chi connectivity index (χ0n) is 12.0. The van der Waals surface area contributed by atoms with Crippen molar-refractivity contribution in [2.24, 2.45) is 0 Å². The Labute approximate surface area is 118 Å². The molecule has 2 amide bonds. The van der Waals surface area contributed by atoms with Gasteiger partial charge in [-0.2, -0.15) is 0 Å². The summed E-state index contributed by atoms with van der Waals surface area (Å²) < 4.78 is 4.55. The SMILES string of the molecule is CCN(CC(=O)OC)C(=O)N1CCCCCC1C(=O)O. The van der Waals surface area contributed by atoms with Crippen molar-refractivity contribution >= 4 is 18.0 Å². The van der Waals surface area contributed by atoms with Crippen LogP contribution in [0.4, 0.5) is 4.79 Å². The molecule has 0 aliphatic carbocycles. The Bertz CT molecular complexity index is 372. The number of carbonyl (C=O) groups is 3. The van der Waals surface area contributed by atoms with Gasteiger partial charge in [0.25, 0.3) is 0 Å². The molecule has 0 saturated carbocycles. The van der Waals surface area contributed by atoms with Crippen LogP contribution in [0.3, 0.4) is 0 Å². The van der Waals surface area contributed by atoms with Gasteiger partial charge in [-0.05, 0) is 19.8 Å². The highest BCUT2D eigenvalue weighted by molar-refractivity contribution is 5.85. The summed E-state index contributed by atoms with van der Waals surface area (Å²) in [6.45, 7) is 2.33. The van der Waals surface area contributed by atoms with Crippen LogP contribution in [0.15, 0.2) is 0 Å². The number of carboxylic acid groups (broad SMARTS) is 1. The third-order valence-corrected chi connectivity index (χ3v) is 3.48. The van der Waals surface area contributed by atoms with Crippen molar-refractivity contribution in [2.75, 3.05) is 26.7 Å². The number of amides is 2. The van der Waals surface area contributed by atoms with E-state index in [0.29, 0.717) is 19.5 Å². The summed E-state index contributed by atoms with van der Waals surface area (Å²) in [4.78, 5) is 37.7. The van der Waals surface area contributed by atoms with Crippen LogP contribution in [0.25, 0.3) is 0 Å². The number of carboxylic acids is 1. The molecule has 7 heteroatoms. The summed E-state index contributed by atoms with van der Waals surface area (Å²) in [6.07, 6.45) is 2.95. The van der Waals surface area contributed by atoms with E-state index in [9.17, 15) is 19.5 Å². The topological polar surface area (TPSA) is 87.2 Å². The normalized spacial score (nSPS) is 19.1. The minimum atomic E-state index is -0.991. The molecule has 0 bridgehead atoms. The molecular weight excluding hydrogens is 264 g/mol. The van der Waals surface area contributed by atoms with Crippen molar-refractivity contribution < 1.29 is 24.2 Å². The fourth-order valence-electron chi connectivity index (χ4n) is 2.31. The van der Waals surface area contributed by atoms with E-state index in [1.807, 2.05) is 0 Å². The fourth-order valence-corrected chi connectivity index (χ4v) is 2.31. The van der Waals surface area contributed by atoms with Crippen molar-refractivity contribution in [1.29, 1.82) is 0 Å². The highest BCUT2D eigenvalue weighted by Gasteiger charge is 2.33. The van der Waals surface area contributed by atoms with Gasteiger partial charge in [-0.3, -0.25) is 4.79 Å². The molecule has 1 fully saturated rings. The number of nitrogens with zero attached hydrogens (tertiary/aromatic N) is 2. The third-order valence-electron chi connectivity index (χ3n) is 3.48. The molecule has 7 nitrogen and oxygen atoms in total. The second-order valence-electron chi connectivity index (χ2n) is 4.77. The van der Waals surface area contributed by atoms with E-state index in [0.717, 1.165) is 19.3 Å². The van der Waals surface area contributed by atoms with Gasteiger partial charge < -0.3 is 19.6 Å². The zero-order valence-corrected chi connectivity index (χ0v) is 12.0. The number of methoxy groups -OCH3 is 1. The summed E-state index contributed by atoms with van der Waals surface area (Å²) >= 11 is 0. The Morgan fingerprint density at radius 1 is 1.30 bits per heavy atom. The van der Waals surface area contributed by atoms with Crippen LogP contribution < -0.4 is 0 Å². The predicted molar refractivity (Wildman–Crippen MR) is 71.3 cm³/mol. The van der Waals surface area contributed by atoms with E-state index in [-0.39, 0.29) is 6.54 Å². The summed E-state index contributed by atoms with van der Waals surface area (Å²) in [6, 6.07) is -1.22. The number of rotatable bonds is 4. The maximum atomic E-state index is 12.4. The number of urea groups is 1. The van der Waals surface area contributed by atoms with Gasteiger partial charge in [0, 0.05) is 13.1 Å². The second-order valence-corrected chi connectivity index (χ2v) is 4.77. The van der Waals surface area contributed by atoms with Crippen molar-refractivity contribution in [3.05, 3.63) is 0 Å². The first-order chi connectivity index (χ1) is 9.51. The van der Waals surface area contributed by atoms with E-state index in [2.05, 4.69) is 4.74 Å². The number of hydrogen-bond donors (Lipinski definition) is 1. The Morgan fingerprint density at radius 2 is 2.00 bits per heavy atom. The number of likely N-dealkylation sites (tertiary alicyclic amines) is 1. The van der Waals surface area contributed by atoms with Gasteiger partial charge in [0.15, 0.2) is 0 Å². The van der Waals surface area contributed by atoms with Crippen LogP contribution in [0, 0.1) is 0 Å². The Hall–Kier alpha value is -1.79. The number of likely N-dealkylation sites (N-methyl/N-ethyl adjacent to an activating group) is 1. The first-order valence-corrected chi connectivity index (χ1v) is 6.86. The zero-order chi connectivity index (χ0) is 15.1. The third kappa shape index (κ3) is 4.11. The van der Waals surface area contributed by atoms with E-state index in [1.165, 1.54) is 16.9 Å². The van der Waals surface area contributed by atoms with Gasteiger partial charge in [0.2, 0.25) is 0 Å². The van der Waals surface area contributed by atoms with Gasteiger partial charge in [-0.1, -0.05) is 12.8 Å². The lowest BCUT2D eigenvalue weighted by Crippen LogP contribution is -2.52. The molecule has 1 rings (SSSR count). The molecule has 0 radical (unpaired) electrons. The first kappa shape index (κ1) is 16.3. The van der Waals surface area contributed by atoms with Crippen molar-refractivity contribution in [2.45, 2.75) is 38.6 Å². The van der Waals surface area contributed by atoms with Gasteiger partial charge in [0.1, 0.15) is 12.6 Å². The smallest absolute Gasteiger partial charge is 0.326 e. The van der Waals surface area contributed by atoms with Crippen LogP contribution in [0.5, 0.6) is 0 Å². The van der Waals surface area contributed by atoms with Crippen LogP contribution >= 0.6 is 0 Å². The maximum absolute atomic E-state index is 12.4. The largest absolute Gasteiger partial charge is 0.480 e. The number of ether oxygens (including phenoxy) is 1. The van der Waals surface area contributed by atoms with Crippen molar-refractivity contribution in [3.8, 4) is 0 Å². The number of esters is 1. The molecular formula is C13H22N2O5. The molecule has 1 aliphatic heterocycles.